The van der Waals surface area contributed by atoms with Crippen LogP contribution in [0.5, 0.6) is 0 Å². The predicted molar refractivity (Wildman–Crippen MR) is 125 cm³/mol. The molecule has 3 aromatic rings. The van der Waals surface area contributed by atoms with Crippen LogP contribution in [0.3, 0.4) is 0 Å². The van der Waals surface area contributed by atoms with E-state index in [1.165, 1.54) is 17.6 Å². The molecule has 6 heteroatoms. The van der Waals surface area contributed by atoms with Gasteiger partial charge < -0.3 is 4.98 Å². The van der Waals surface area contributed by atoms with Crippen molar-refractivity contribution in [3.8, 4) is 0 Å². The SMILES string of the molecule is CC(C)=CCCC1=CC[C@H](/C=N\Nc2nnc3c(n2)[nH]c2ccc(C)cc23)[C@@H](C)C1. The van der Waals surface area contributed by atoms with Crippen LogP contribution in [0.2, 0.25) is 0 Å². The number of rotatable bonds is 6. The molecule has 156 valence electrons. The summed E-state index contributed by atoms with van der Waals surface area (Å²) in [5, 5.41) is 14.0. The zero-order valence-corrected chi connectivity index (χ0v) is 18.2. The maximum absolute atomic E-state index is 4.53. The largest absolute Gasteiger partial charge is 0.338 e. The molecule has 0 aliphatic heterocycles. The van der Waals surface area contributed by atoms with Crippen LogP contribution in [0, 0.1) is 18.8 Å². The minimum absolute atomic E-state index is 0.406. The molecule has 2 atom stereocenters. The van der Waals surface area contributed by atoms with Gasteiger partial charge in [0.2, 0.25) is 0 Å². The molecule has 1 aliphatic rings. The summed E-state index contributed by atoms with van der Waals surface area (Å²) in [6.07, 6.45) is 11.2. The Morgan fingerprint density at radius 2 is 2.17 bits per heavy atom. The van der Waals surface area contributed by atoms with Gasteiger partial charge in [0.05, 0.1) is 0 Å². The van der Waals surface area contributed by atoms with E-state index in [0.717, 1.165) is 41.3 Å². The molecule has 0 saturated heterocycles. The average Bonchev–Trinajstić information content (AvgIpc) is 3.06. The highest BCUT2D eigenvalue weighted by atomic mass is 15.4. The summed E-state index contributed by atoms with van der Waals surface area (Å²) in [5.74, 6) is 1.42. The molecule has 0 spiro atoms. The molecule has 4 rings (SSSR count). The van der Waals surface area contributed by atoms with Crippen LogP contribution < -0.4 is 5.43 Å². The van der Waals surface area contributed by atoms with E-state index < -0.39 is 0 Å². The molecule has 6 nitrogen and oxygen atoms in total. The first-order chi connectivity index (χ1) is 14.5. The Morgan fingerprint density at radius 3 is 2.97 bits per heavy atom. The highest BCUT2D eigenvalue weighted by Gasteiger charge is 2.20. The van der Waals surface area contributed by atoms with Crippen LogP contribution in [-0.4, -0.2) is 26.4 Å². The van der Waals surface area contributed by atoms with E-state index in [1.807, 2.05) is 12.3 Å². The molecular formula is C24H30N6. The topological polar surface area (TPSA) is 78.8 Å². The van der Waals surface area contributed by atoms with Gasteiger partial charge in [-0.1, -0.05) is 41.9 Å². The number of H-pyrrole nitrogens is 1. The van der Waals surface area contributed by atoms with Crippen LogP contribution >= 0.6 is 0 Å². The normalized spacial score (nSPS) is 19.4. The molecule has 0 saturated carbocycles. The Balaban J connectivity index is 1.39. The van der Waals surface area contributed by atoms with E-state index in [0.29, 0.717) is 17.8 Å². The number of hydrogen-bond acceptors (Lipinski definition) is 5. The lowest BCUT2D eigenvalue weighted by Crippen LogP contribution is -2.18. The van der Waals surface area contributed by atoms with Crippen molar-refractivity contribution < 1.29 is 0 Å². The number of aromatic nitrogens is 4. The fraction of sp³-hybridized carbons (Fsp3) is 0.417. The zero-order valence-electron chi connectivity index (χ0n) is 18.2. The van der Waals surface area contributed by atoms with Gasteiger partial charge in [-0.15, -0.1) is 10.2 Å². The molecule has 0 radical (unpaired) electrons. The predicted octanol–water partition coefficient (Wildman–Crippen LogP) is 5.93. The fourth-order valence-corrected chi connectivity index (χ4v) is 4.06. The van der Waals surface area contributed by atoms with Crippen molar-refractivity contribution in [2.45, 2.75) is 53.4 Å². The number of benzene rings is 1. The van der Waals surface area contributed by atoms with Crippen LogP contribution in [0.1, 0.15) is 52.0 Å². The van der Waals surface area contributed by atoms with E-state index in [9.17, 15) is 0 Å². The van der Waals surface area contributed by atoms with Gasteiger partial charge in [-0.25, -0.2) is 5.43 Å². The van der Waals surface area contributed by atoms with Crippen LogP contribution in [0.15, 0.2) is 46.6 Å². The number of hydrogen-bond donors (Lipinski definition) is 2. The molecular weight excluding hydrogens is 372 g/mol. The number of nitrogens with one attached hydrogen (secondary N) is 2. The van der Waals surface area contributed by atoms with E-state index in [-0.39, 0.29) is 0 Å². The highest BCUT2D eigenvalue weighted by Crippen LogP contribution is 2.30. The third kappa shape index (κ3) is 4.58. The monoisotopic (exact) mass is 402 g/mol. The van der Waals surface area contributed by atoms with Crippen molar-refractivity contribution in [3.63, 3.8) is 0 Å². The molecule has 1 aromatic carbocycles. The van der Waals surface area contributed by atoms with E-state index >= 15 is 0 Å². The number of aromatic amines is 1. The minimum Gasteiger partial charge on any atom is -0.338 e. The first kappa shape index (κ1) is 20.3. The molecule has 0 fully saturated rings. The van der Waals surface area contributed by atoms with E-state index in [4.69, 9.17) is 0 Å². The second-order valence-electron chi connectivity index (χ2n) is 8.66. The summed E-state index contributed by atoms with van der Waals surface area (Å²) in [5.41, 5.74) is 9.64. The van der Waals surface area contributed by atoms with Crippen LogP contribution in [-0.2, 0) is 0 Å². The molecule has 2 heterocycles. The van der Waals surface area contributed by atoms with Crippen molar-refractivity contribution in [1.29, 1.82) is 0 Å². The Hall–Kier alpha value is -3.02. The Morgan fingerprint density at radius 1 is 1.30 bits per heavy atom. The number of allylic oxidation sites excluding steroid dienone is 4. The fourth-order valence-electron chi connectivity index (χ4n) is 4.06. The lowest BCUT2D eigenvalue weighted by molar-refractivity contribution is 0.431. The summed E-state index contributed by atoms with van der Waals surface area (Å²) in [6, 6.07) is 6.22. The Bertz CT molecular complexity index is 1130. The highest BCUT2D eigenvalue weighted by molar-refractivity contribution is 6.03. The van der Waals surface area contributed by atoms with Crippen LogP contribution in [0.25, 0.3) is 22.1 Å². The smallest absolute Gasteiger partial charge is 0.265 e. The summed E-state index contributed by atoms with van der Waals surface area (Å²) >= 11 is 0. The molecule has 1 aliphatic carbocycles. The maximum Gasteiger partial charge on any atom is 0.265 e. The van der Waals surface area contributed by atoms with Gasteiger partial charge in [0.15, 0.2) is 5.65 Å². The van der Waals surface area contributed by atoms with Crippen LogP contribution in [0.4, 0.5) is 5.95 Å². The van der Waals surface area contributed by atoms with Crippen molar-refractivity contribution in [3.05, 3.63) is 47.1 Å². The van der Waals surface area contributed by atoms with Crippen molar-refractivity contribution in [2.75, 3.05) is 5.43 Å². The van der Waals surface area contributed by atoms with Gasteiger partial charge in [-0.3, -0.25) is 0 Å². The number of anilines is 1. The van der Waals surface area contributed by atoms with Gasteiger partial charge >= 0.3 is 0 Å². The molecule has 0 bridgehead atoms. The first-order valence-electron chi connectivity index (χ1n) is 10.7. The summed E-state index contributed by atoms with van der Waals surface area (Å²) in [6.45, 7) is 8.69. The van der Waals surface area contributed by atoms with Gasteiger partial charge in [-0.05, 0) is 64.5 Å². The summed E-state index contributed by atoms with van der Waals surface area (Å²) in [7, 11) is 0. The Kier molecular flexibility index (Phi) is 5.93. The molecule has 2 aromatic heterocycles. The number of nitrogens with zero attached hydrogens (tertiary/aromatic N) is 4. The van der Waals surface area contributed by atoms with Crippen molar-refractivity contribution in [1.82, 2.24) is 20.2 Å². The van der Waals surface area contributed by atoms with E-state index in [2.05, 4.69) is 82.7 Å². The van der Waals surface area contributed by atoms with Gasteiger partial charge in [0.1, 0.15) is 5.52 Å². The molecule has 0 amide bonds. The number of aryl methyl sites for hydroxylation is 1. The van der Waals surface area contributed by atoms with Gasteiger partial charge in [0.25, 0.3) is 5.95 Å². The average molecular weight is 403 g/mol. The van der Waals surface area contributed by atoms with E-state index in [1.54, 1.807) is 5.57 Å². The first-order valence-corrected chi connectivity index (χ1v) is 10.7. The second-order valence-corrected chi connectivity index (χ2v) is 8.66. The Labute approximate surface area is 177 Å². The molecule has 30 heavy (non-hydrogen) atoms. The standard InChI is InChI=1S/C24H30N6/c1-15(2)6-5-7-18-9-10-19(17(4)13-18)14-25-29-24-27-23-22(28-30-24)20-12-16(3)8-11-21(20)26-23/h6,8-9,11-12,14,17,19H,5,7,10,13H2,1-4H3,(H2,26,27,29,30)/b25-14-/t17-,19+/m0/s1. The third-order valence-corrected chi connectivity index (χ3v) is 5.81. The lowest BCUT2D eigenvalue weighted by Gasteiger charge is -2.25. The summed E-state index contributed by atoms with van der Waals surface area (Å²) < 4.78 is 0. The molecule has 0 unspecified atom stereocenters. The number of fused-ring (bicyclic) bond motifs is 3. The minimum atomic E-state index is 0.406. The van der Waals surface area contributed by atoms with Crippen molar-refractivity contribution >= 4 is 34.2 Å². The van der Waals surface area contributed by atoms with Gasteiger partial charge in [-0.2, -0.15) is 10.1 Å². The maximum atomic E-state index is 4.53. The molecule has 2 N–H and O–H groups in total. The van der Waals surface area contributed by atoms with Gasteiger partial charge in [0, 0.05) is 23.0 Å². The summed E-state index contributed by atoms with van der Waals surface area (Å²) in [4.78, 5) is 7.84. The zero-order chi connectivity index (χ0) is 21.1. The number of hydrazone groups is 1. The lowest BCUT2D eigenvalue weighted by atomic mass is 9.80. The quantitative estimate of drug-likeness (QED) is 0.304. The van der Waals surface area contributed by atoms with Crippen molar-refractivity contribution in [2.24, 2.45) is 16.9 Å². The third-order valence-electron chi connectivity index (χ3n) is 5.81. The second kappa shape index (κ2) is 8.78.